The molecule has 3 N–H and O–H groups in total. The fraction of sp³-hybridized carbons (Fsp3) is 0.206. The summed E-state index contributed by atoms with van der Waals surface area (Å²) in [5.41, 5.74) is 7.97. The third-order valence-electron chi connectivity index (χ3n) is 8.24. The molecule has 42 heavy (non-hydrogen) atoms. The van der Waals surface area contributed by atoms with E-state index in [9.17, 15) is 9.18 Å². The van der Waals surface area contributed by atoms with Crippen LogP contribution in [0.4, 0.5) is 10.1 Å². The maximum Gasteiger partial charge on any atom is 0.224 e. The van der Waals surface area contributed by atoms with Gasteiger partial charge < -0.3 is 10.3 Å². The lowest BCUT2D eigenvalue weighted by atomic mass is 9.87. The molecule has 3 aromatic carbocycles. The Morgan fingerprint density at radius 3 is 2.62 bits per heavy atom. The van der Waals surface area contributed by atoms with Gasteiger partial charge in [-0.25, -0.2) is 4.39 Å². The van der Waals surface area contributed by atoms with Crippen molar-refractivity contribution in [2.45, 2.75) is 38.5 Å². The summed E-state index contributed by atoms with van der Waals surface area (Å²) in [5, 5.41) is 12.9. The number of carbonyl (C=O) groups excluding carboxylic acids is 1. The molecule has 0 spiro atoms. The Hall–Kier alpha value is -4.05. The number of rotatable bonds is 6. The zero-order valence-electron chi connectivity index (χ0n) is 22.9. The quantitative estimate of drug-likeness (QED) is 0.155. The molecule has 6 aromatic rings. The van der Waals surface area contributed by atoms with Crippen LogP contribution in [0.15, 0.2) is 79.1 Å². The predicted molar refractivity (Wildman–Crippen MR) is 175 cm³/mol. The maximum atomic E-state index is 14.0. The molecule has 8 heteroatoms. The van der Waals surface area contributed by atoms with E-state index in [1.165, 1.54) is 25.3 Å². The third-order valence-corrected chi connectivity index (χ3v) is 9.13. The van der Waals surface area contributed by atoms with Crippen LogP contribution in [0.3, 0.4) is 0 Å². The summed E-state index contributed by atoms with van der Waals surface area (Å²) in [7, 11) is 0. The molecule has 6 nitrogen and oxygen atoms in total. The molecule has 3 heterocycles. The second-order valence-corrected chi connectivity index (χ2v) is 12.3. The monoisotopic (exact) mass is 669 g/mol. The van der Waals surface area contributed by atoms with Crippen molar-refractivity contribution in [2.24, 2.45) is 5.92 Å². The predicted octanol–water partition coefficient (Wildman–Crippen LogP) is 9.09. The number of amides is 1. The number of nitrogens with one attached hydrogen (secondary N) is 3. The van der Waals surface area contributed by atoms with Crippen molar-refractivity contribution in [1.29, 1.82) is 0 Å². The number of aromatic nitrogens is 4. The average molecular weight is 670 g/mol. The van der Waals surface area contributed by atoms with Crippen LogP contribution in [0.2, 0.25) is 0 Å². The molecular formula is C34H29FIN5O. The van der Waals surface area contributed by atoms with Gasteiger partial charge in [-0.15, -0.1) is 0 Å². The van der Waals surface area contributed by atoms with E-state index in [-0.39, 0.29) is 11.7 Å². The van der Waals surface area contributed by atoms with Crippen LogP contribution in [-0.2, 0) is 4.79 Å². The van der Waals surface area contributed by atoms with Crippen molar-refractivity contribution in [3.63, 3.8) is 0 Å². The first-order valence-corrected chi connectivity index (χ1v) is 15.4. The van der Waals surface area contributed by atoms with Gasteiger partial charge in [-0.1, -0.05) is 43.5 Å². The second kappa shape index (κ2) is 11.3. The molecule has 0 saturated heterocycles. The molecule has 0 unspecified atom stereocenters. The van der Waals surface area contributed by atoms with E-state index in [2.05, 4.69) is 66.3 Å². The lowest BCUT2D eigenvalue weighted by Gasteiger charge is -2.20. The van der Waals surface area contributed by atoms with Crippen LogP contribution in [0.25, 0.3) is 55.4 Å². The molecule has 1 aliphatic carbocycles. The Morgan fingerprint density at radius 1 is 0.905 bits per heavy atom. The normalized spacial score (nSPS) is 14.0. The van der Waals surface area contributed by atoms with Crippen LogP contribution in [0.1, 0.15) is 38.5 Å². The zero-order chi connectivity index (χ0) is 28.6. The maximum absolute atomic E-state index is 14.0. The zero-order valence-corrected chi connectivity index (χ0v) is 25.0. The van der Waals surface area contributed by atoms with E-state index in [0.717, 1.165) is 71.9 Å². The number of benzene rings is 3. The number of fused-ring (bicyclic) bond motifs is 2. The van der Waals surface area contributed by atoms with Gasteiger partial charge in [0.15, 0.2) is 0 Å². The van der Waals surface area contributed by atoms with Gasteiger partial charge in [0.05, 0.1) is 23.1 Å². The van der Waals surface area contributed by atoms with E-state index in [0.29, 0.717) is 18.0 Å². The van der Waals surface area contributed by atoms with E-state index < -0.39 is 0 Å². The van der Waals surface area contributed by atoms with Crippen molar-refractivity contribution < 1.29 is 9.18 Å². The second-order valence-electron chi connectivity index (χ2n) is 11.1. The van der Waals surface area contributed by atoms with Crippen LogP contribution < -0.4 is 5.32 Å². The number of pyridine rings is 1. The smallest absolute Gasteiger partial charge is 0.224 e. The fourth-order valence-corrected chi connectivity index (χ4v) is 6.95. The minimum atomic E-state index is -0.261. The number of aromatic amines is 2. The summed E-state index contributed by atoms with van der Waals surface area (Å²) in [4.78, 5) is 20.7. The summed E-state index contributed by atoms with van der Waals surface area (Å²) >= 11 is 2.33. The van der Waals surface area contributed by atoms with Gasteiger partial charge in [0.2, 0.25) is 5.91 Å². The van der Waals surface area contributed by atoms with Gasteiger partial charge in [0.25, 0.3) is 0 Å². The molecule has 0 bridgehead atoms. The van der Waals surface area contributed by atoms with E-state index in [4.69, 9.17) is 0 Å². The molecule has 0 radical (unpaired) electrons. The Morgan fingerprint density at radius 2 is 1.76 bits per heavy atom. The average Bonchev–Trinajstić information content (AvgIpc) is 3.61. The van der Waals surface area contributed by atoms with Gasteiger partial charge in [-0.2, -0.15) is 5.10 Å². The van der Waals surface area contributed by atoms with Gasteiger partial charge in [0.1, 0.15) is 11.5 Å². The lowest BCUT2D eigenvalue weighted by molar-refractivity contribution is -0.117. The summed E-state index contributed by atoms with van der Waals surface area (Å²) in [6.45, 7) is 0. The Labute approximate surface area is 256 Å². The highest BCUT2D eigenvalue weighted by Crippen LogP contribution is 2.37. The highest BCUT2D eigenvalue weighted by Gasteiger charge is 2.19. The highest BCUT2D eigenvalue weighted by molar-refractivity contribution is 14.1. The number of hydrogen-bond donors (Lipinski definition) is 3. The van der Waals surface area contributed by atoms with Crippen LogP contribution >= 0.6 is 22.6 Å². The van der Waals surface area contributed by atoms with E-state index >= 15 is 0 Å². The number of carbonyl (C=O) groups is 1. The first-order valence-electron chi connectivity index (χ1n) is 14.3. The van der Waals surface area contributed by atoms with Gasteiger partial charge >= 0.3 is 0 Å². The fourth-order valence-electron chi connectivity index (χ4n) is 6.18. The van der Waals surface area contributed by atoms with Crippen LogP contribution in [0.5, 0.6) is 0 Å². The number of hydrogen-bond acceptors (Lipinski definition) is 3. The summed E-state index contributed by atoms with van der Waals surface area (Å²) in [6, 6.07) is 20.9. The molecule has 210 valence electrons. The van der Waals surface area contributed by atoms with Gasteiger partial charge in [-0.05, 0) is 101 Å². The number of halogens is 2. The Bertz CT molecular complexity index is 1940. The molecule has 1 saturated carbocycles. The van der Waals surface area contributed by atoms with Crippen LogP contribution in [-0.4, -0.2) is 26.1 Å². The molecule has 7 rings (SSSR count). The van der Waals surface area contributed by atoms with Crippen molar-refractivity contribution in [2.75, 3.05) is 5.32 Å². The molecule has 1 fully saturated rings. The van der Waals surface area contributed by atoms with Gasteiger partial charge in [0, 0.05) is 38.0 Å². The lowest BCUT2D eigenvalue weighted by Crippen LogP contribution is -2.18. The van der Waals surface area contributed by atoms with Crippen molar-refractivity contribution in [1.82, 2.24) is 20.2 Å². The van der Waals surface area contributed by atoms with Gasteiger partial charge in [-0.3, -0.25) is 14.9 Å². The molecule has 3 aromatic heterocycles. The minimum Gasteiger partial charge on any atom is -0.353 e. The number of nitrogens with zero attached hydrogens (tertiary/aromatic N) is 2. The highest BCUT2D eigenvalue weighted by atomic mass is 127. The van der Waals surface area contributed by atoms with Crippen molar-refractivity contribution in [3.8, 4) is 33.6 Å². The Kier molecular flexibility index (Phi) is 7.23. The first kappa shape index (κ1) is 26.8. The molecule has 0 aliphatic heterocycles. The molecular weight excluding hydrogens is 640 g/mol. The molecule has 0 atom stereocenters. The van der Waals surface area contributed by atoms with E-state index in [1.807, 2.05) is 36.5 Å². The summed E-state index contributed by atoms with van der Waals surface area (Å²) in [6.07, 6.45) is 10.1. The van der Waals surface area contributed by atoms with Crippen molar-refractivity contribution in [3.05, 3.63) is 88.5 Å². The minimum absolute atomic E-state index is 0.0551. The third kappa shape index (κ3) is 5.31. The van der Waals surface area contributed by atoms with Crippen molar-refractivity contribution >= 4 is 56.0 Å². The largest absolute Gasteiger partial charge is 0.353 e. The number of anilines is 1. The summed E-state index contributed by atoms with van der Waals surface area (Å²) in [5.74, 6) is 0.273. The number of H-pyrrole nitrogens is 2. The SMILES string of the molecule is O=C(CC1CCCCC1)Nc1cncc(-c2cc3c(-c4cc5c(-c6cccc(F)c6)cccc5[nH]4)n[nH]c3cc2I)c1. The Balaban J connectivity index is 1.22. The first-order chi connectivity index (χ1) is 20.5. The van der Waals surface area contributed by atoms with E-state index in [1.54, 1.807) is 18.3 Å². The summed E-state index contributed by atoms with van der Waals surface area (Å²) < 4.78 is 15.1. The standard InChI is InChI=1S/C34H29FIN5O/c35-23-9-4-8-21(13-23)25-10-5-11-30-27(25)16-32(39-30)34-28-15-26(29(36)17-31(28)40-41-34)22-14-24(19-37-18-22)38-33(42)12-20-6-2-1-3-7-20/h4-5,8-11,13-20,39H,1-3,6-7,12H2,(H,38,42)(H,40,41). The van der Waals surface area contributed by atoms with Crippen LogP contribution in [0, 0.1) is 15.3 Å². The molecule has 1 aliphatic rings. The molecule has 1 amide bonds. The topological polar surface area (TPSA) is 86.5 Å².